The third-order valence-electron chi connectivity index (χ3n) is 4.06. The van der Waals surface area contributed by atoms with Crippen LogP contribution in [0.1, 0.15) is 22.5 Å². The normalized spacial score (nSPS) is 16.8. The van der Waals surface area contributed by atoms with Crippen molar-refractivity contribution in [2.45, 2.75) is 13.0 Å². The smallest absolute Gasteiger partial charge is 0.337 e. The molecule has 1 unspecified atom stereocenters. The Hall–Kier alpha value is -3.09. The first-order valence-corrected chi connectivity index (χ1v) is 7.86. The van der Waals surface area contributed by atoms with Crippen molar-refractivity contribution in [3.63, 3.8) is 0 Å². The van der Waals surface area contributed by atoms with E-state index in [1.165, 1.54) is 7.11 Å². The summed E-state index contributed by atoms with van der Waals surface area (Å²) in [5.74, 6) is -0.571. The molecule has 0 saturated carbocycles. The fourth-order valence-corrected chi connectivity index (χ4v) is 2.78. The Morgan fingerprint density at radius 3 is 2.88 bits per heavy atom. The van der Waals surface area contributed by atoms with Gasteiger partial charge in [-0.1, -0.05) is 6.07 Å². The Morgan fingerprint density at radius 2 is 2.16 bits per heavy atom. The monoisotopic (exact) mass is 342 g/mol. The van der Waals surface area contributed by atoms with Crippen molar-refractivity contribution in [1.82, 2.24) is 4.90 Å². The van der Waals surface area contributed by atoms with E-state index in [4.69, 9.17) is 4.42 Å². The van der Waals surface area contributed by atoms with Crippen molar-refractivity contribution in [1.29, 1.82) is 0 Å². The maximum absolute atomic E-state index is 12.4. The lowest BCUT2D eigenvalue weighted by Gasteiger charge is -2.15. The summed E-state index contributed by atoms with van der Waals surface area (Å²) >= 11 is 0. The van der Waals surface area contributed by atoms with E-state index < -0.39 is 11.9 Å². The number of rotatable bonds is 5. The zero-order chi connectivity index (χ0) is 17.8. The molecular formula is C18H18N2O5. The van der Waals surface area contributed by atoms with Gasteiger partial charge in [-0.2, -0.15) is 0 Å². The molecule has 1 fully saturated rings. The van der Waals surface area contributed by atoms with Crippen LogP contribution in [0.3, 0.4) is 0 Å². The number of anilines is 1. The van der Waals surface area contributed by atoms with E-state index in [1.54, 1.807) is 47.6 Å². The molecule has 0 aliphatic carbocycles. The van der Waals surface area contributed by atoms with Crippen molar-refractivity contribution in [2.75, 3.05) is 19.0 Å². The molecule has 1 aromatic heterocycles. The Morgan fingerprint density at radius 1 is 1.32 bits per heavy atom. The Kier molecular flexibility index (Phi) is 4.83. The largest absolute Gasteiger partial charge is 0.467 e. The number of ether oxygens (including phenoxy) is 1. The highest BCUT2D eigenvalue weighted by atomic mass is 16.5. The highest BCUT2D eigenvalue weighted by molar-refractivity contribution is 5.98. The average molecular weight is 342 g/mol. The number of amides is 2. The summed E-state index contributed by atoms with van der Waals surface area (Å²) in [5.41, 5.74) is 0.840. The van der Waals surface area contributed by atoms with Crippen molar-refractivity contribution in [3.05, 3.63) is 54.0 Å². The first kappa shape index (κ1) is 16.8. The SMILES string of the molecule is COC(=O)c1cccc(NC(=O)C2CC(=O)N(Cc3ccco3)C2)c1. The Bertz CT molecular complexity index is 785. The van der Waals surface area contributed by atoms with Gasteiger partial charge in [-0.05, 0) is 30.3 Å². The van der Waals surface area contributed by atoms with E-state index in [1.807, 2.05) is 0 Å². The number of hydrogen-bond acceptors (Lipinski definition) is 5. The van der Waals surface area contributed by atoms with Gasteiger partial charge in [0.25, 0.3) is 0 Å². The first-order chi connectivity index (χ1) is 12.1. The zero-order valence-corrected chi connectivity index (χ0v) is 13.7. The van der Waals surface area contributed by atoms with Gasteiger partial charge in [0, 0.05) is 18.7 Å². The molecule has 1 saturated heterocycles. The Balaban J connectivity index is 1.62. The molecule has 1 aliphatic rings. The molecule has 2 heterocycles. The van der Waals surface area contributed by atoms with Gasteiger partial charge in [0.05, 0.1) is 31.4 Å². The number of nitrogens with one attached hydrogen (secondary N) is 1. The van der Waals surface area contributed by atoms with Crippen LogP contribution in [0.4, 0.5) is 5.69 Å². The third kappa shape index (κ3) is 3.88. The molecule has 0 radical (unpaired) electrons. The number of carbonyl (C=O) groups excluding carboxylic acids is 3. The second kappa shape index (κ2) is 7.21. The minimum atomic E-state index is -0.475. The van der Waals surface area contributed by atoms with Gasteiger partial charge in [-0.15, -0.1) is 0 Å². The standard InChI is InChI=1S/C18H18N2O5/c1-24-18(23)12-4-2-5-14(8-12)19-17(22)13-9-16(21)20(10-13)11-15-6-3-7-25-15/h2-8,13H,9-11H2,1H3,(H,19,22). The molecule has 2 aromatic rings. The summed E-state index contributed by atoms with van der Waals surface area (Å²) in [4.78, 5) is 37.7. The van der Waals surface area contributed by atoms with Crippen molar-refractivity contribution in [2.24, 2.45) is 5.92 Å². The summed E-state index contributed by atoms with van der Waals surface area (Å²) in [6.45, 7) is 0.690. The van der Waals surface area contributed by atoms with Crippen molar-refractivity contribution < 1.29 is 23.5 Å². The number of furan rings is 1. The lowest BCUT2D eigenvalue weighted by Crippen LogP contribution is -2.27. The number of methoxy groups -OCH3 is 1. The summed E-state index contributed by atoms with van der Waals surface area (Å²) in [6.07, 6.45) is 1.71. The van der Waals surface area contributed by atoms with Crippen LogP contribution in [0.5, 0.6) is 0 Å². The molecule has 1 atom stereocenters. The molecule has 130 valence electrons. The van der Waals surface area contributed by atoms with Crippen LogP contribution in [0, 0.1) is 5.92 Å². The van der Waals surface area contributed by atoms with Crippen LogP contribution in [0.2, 0.25) is 0 Å². The quantitative estimate of drug-likeness (QED) is 0.840. The second-order valence-electron chi connectivity index (χ2n) is 5.82. The van der Waals surface area contributed by atoms with Gasteiger partial charge in [-0.25, -0.2) is 4.79 Å². The first-order valence-electron chi connectivity index (χ1n) is 7.86. The highest BCUT2D eigenvalue weighted by Crippen LogP contribution is 2.22. The number of hydrogen-bond donors (Lipinski definition) is 1. The summed E-state index contributed by atoms with van der Waals surface area (Å²) in [7, 11) is 1.30. The minimum absolute atomic E-state index is 0.0835. The van der Waals surface area contributed by atoms with E-state index in [-0.39, 0.29) is 18.2 Å². The van der Waals surface area contributed by atoms with E-state index in [0.717, 1.165) is 0 Å². The molecule has 0 spiro atoms. The molecule has 1 aromatic carbocycles. The maximum atomic E-state index is 12.4. The lowest BCUT2D eigenvalue weighted by molar-refractivity contribution is -0.128. The zero-order valence-electron chi connectivity index (χ0n) is 13.7. The fourth-order valence-electron chi connectivity index (χ4n) is 2.78. The number of benzene rings is 1. The molecular weight excluding hydrogens is 324 g/mol. The lowest BCUT2D eigenvalue weighted by atomic mass is 10.1. The van der Waals surface area contributed by atoms with Crippen LogP contribution in [-0.4, -0.2) is 36.3 Å². The van der Waals surface area contributed by atoms with Gasteiger partial charge >= 0.3 is 5.97 Å². The molecule has 1 aliphatic heterocycles. The molecule has 7 heteroatoms. The molecule has 25 heavy (non-hydrogen) atoms. The molecule has 3 rings (SSSR count). The minimum Gasteiger partial charge on any atom is -0.467 e. The van der Waals surface area contributed by atoms with Crippen molar-refractivity contribution in [3.8, 4) is 0 Å². The predicted molar refractivity (Wildman–Crippen MR) is 88.6 cm³/mol. The summed E-state index contributed by atoms with van der Waals surface area (Å²) < 4.78 is 9.91. The van der Waals surface area contributed by atoms with Crippen LogP contribution in [-0.2, 0) is 20.9 Å². The van der Waals surface area contributed by atoms with Crippen LogP contribution in [0.25, 0.3) is 0 Å². The van der Waals surface area contributed by atoms with Gasteiger partial charge in [0.15, 0.2) is 0 Å². The summed E-state index contributed by atoms with van der Waals surface area (Å²) in [5, 5.41) is 2.75. The molecule has 2 amide bonds. The van der Waals surface area contributed by atoms with E-state index in [2.05, 4.69) is 10.1 Å². The molecule has 7 nitrogen and oxygen atoms in total. The van der Waals surface area contributed by atoms with E-state index in [9.17, 15) is 14.4 Å². The number of likely N-dealkylation sites (tertiary alicyclic amines) is 1. The number of esters is 1. The maximum Gasteiger partial charge on any atom is 0.337 e. The van der Waals surface area contributed by atoms with Crippen LogP contribution in [0.15, 0.2) is 47.1 Å². The van der Waals surface area contributed by atoms with Gasteiger partial charge in [0.1, 0.15) is 5.76 Å². The van der Waals surface area contributed by atoms with Crippen LogP contribution < -0.4 is 5.32 Å². The molecule has 0 bridgehead atoms. The van der Waals surface area contributed by atoms with E-state index in [0.29, 0.717) is 30.1 Å². The van der Waals surface area contributed by atoms with Gasteiger partial charge in [-0.3, -0.25) is 9.59 Å². The second-order valence-corrected chi connectivity index (χ2v) is 5.82. The van der Waals surface area contributed by atoms with Crippen molar-refractivity contribution >= 4 is 23.5 Å². The van der Waals surface area contributed by atoms with E-state index >= 15 is 0 Å². The third-order valence-corrected chi connectivity index (χ3v) is 4.06. The predicted octanol–water partition coefficient (Wildman–Crippen LogP) is 2.05. The topological polar surface area (TPSA) is 88.8 Å². The average Bonchev–Trinajstić information content (AvgIpc) is 3.25. The molecule has 1 N–H and O–H groups in total. The highest BCUT2D eigenvalue weighted by Gasteiger charge is 2.34. The van der Waals surface area contributed by atoms with Gasteiger partial charge in [0.2, 0.25) is 11.8 Å². The van der Waals surface area contributed by atoms with Crippen LogP contribution >= 0.6 is 0 Å². The van der Waals surface area contributed by atoms with Gasteiger partial charge < -0.3 is 19.4 Å². The fraction of sp³-hybridized carbons (Fsp3) is 0.278. The number of nitrogens with zero attached hydrogens (tertiary/aromatic N) is 1. The Labute approximate surface area is 144 Å². The number of carbonyl (C=O) groups is 3. The summed E-state index contributed by atoms with van der Waals surface area (Å²) in [6, 6.07) is 10.0.